The molecule has 0 bridgehead atoms. The van der Waals surface area contributed by atoms with Gasteiger partial charge in [-0.3, -0.25) is 0 Å². The van der Waals surface area contributed by atoms with E-state index in [0.29, 0.717) is 5.38 Å². The highest BCUT2D eigenvalue weighted by Gasteiger charge is 2.14. The lowest BCUT2D eigenvalue weighted by Gasteiger charge is -2.27. The fraction of sp³-hybridized carbons (Fsp3) is 1.00. The van der Waals surface area contributed by atoms with Gasteiger partial charge < -0.3 is 4.90 Å². The van der Waals surface area contributed by atoms with Crippen molar-refractivity contribution in [1.29, 1.82) is 0 Å². The van der Waals surface area contributed by atoms with Crippen LogP contribution >= 0.6 is 11.6 Å². The van der Waals surface area contributed by atoms with Crippen molar-refractivity contribution < 1.29 is 0 Å². The van der Waals surface area contributed by atoms with Crippen molar-refractivity contribution in [3.8, 4) is 0 Å². The molecule has 0 spiro atoms. The molecule has 1 rings (SSSR count). The molecule has 1 aliphatic rings. The Morgan fingerprint density at radius 2 is 2.00 bits per heavy atom. The lowest BCUT2D eigenvalue weighted by Crippen LogP contribution is -2.33. The number of rotatable bonds is 1. The van der Waals surface area contributed by atoms with Gasteiger partial charge in [-0.1, -0.05) is 6.92 Å². The molecule has 0 radical (unpaired) electrons. The van der Waals surface area contributed by atoms with Gasteiger partial charge in [-0.2, -0.15) is 0 Å². The lowest BCUT2D eigenvalue weighted by molar-refractivity contribution is 0.243. The average molecular weight is 148 g/mol. The molecule has 1 aliphatic heterocycles. The normalized spacial score (nSPS) is 24.7. The van der Waals surface area contributed by atoms with E-state index in [0.717, 1.165) is 0 Å². The molecule has 1 saturated heterocycles. The fourth-order valence-electron chi connectivity index (χ4n) is 1.22. The van der Waals surface area contributed by atoms with E-state index in [9.17, 15) is 0 Å². The Bertz CT molecular complexity index is 77.0. The topological polar surface area (TPSA) is 3.24 Å². The van der Waals surface area contributed by atoms with Crippen LogP contribution in [0.2, 0.25) is 0 Å². The van der Waals surface area contributed by atoms with Gasteiger partial charge in [-0.15, -0.1) is 11.6 Å². The first-order valence-corrected chi connectivity index (χ1v) is 4.13. The summed E-state index contributed by atoms with van der Waals surface area (Å²) in [5, 5.41) is 0.452. The third kappa shape index (κ3) is 2.15. The molecule has 9 heavy (non-hydrogen) atoms. The van der Waals surface area contributed by atoms with Crippen molar-refractivity contribution in [3.05, 3.63) is 0 Å². The lowest BCUT2D eigenvalue weighted by atomic mass is 10.1. The summed E-state index contributed by atoms with van der Waals surface area (Å²) in [7, 11) is 0. The first-order valence-electron chi connectivity index (χ1n) is 3.69. The van der Waals surface area contributed by atoms with Crippen molar-refractivity contribution >= 4 is 11.6 Å². The first kappa shape index (κ1) is 7.36. The van der Waals surface area contributed by atoms with Gasteiger partial charge in [0, 0.05) is 5.38 Å². The van der Waals surface area contributed by atoms with Crippen molar-refractivity contribution in [3.63, 3.8) is 0 Å². The highest BCUT2D eigenvalue weighted by atomic mass is 35.5. The summed E-state index contributed by atoms with van der Waals surface area (Å²) in [5.74, 6) is 0. The van der Waals surface area contributed by atoms with E-state index in [1.54, 1.807) is 0 Å². The number of piperidine rings is 1. The zero-order chi connectivity index (χ0) is 6.69. The van der Waals surface area contributed by atoms with Crippen LogP contribution in [0.15, 0.2) is 0 Å². The van der Waals surface area contributed by atoms with E-state index in [1.165, 1.54) is 32.5 Å². The van der Waals surface area contributed by atoms with E-state index < -0.39 is 0 Å². The van der Waals surface area contributed by atoms with Crippen molar-refractivity contribution in [2.24, 2.45) is 0 Å². The van der Waals surface area contributed by atoms with Crippen LogP contribution in [0.25, 0.3) is 0 Å². The number of nitrogens with zero attached hydrogens (tertiary/aromatic N) is 1. The molecule has 0 aliphatic carbocycles. The van der Waals surface area contributed by atoms with Crippen LogP contribution in [-0.4, -0.2) is 29.9 Å². The van der Waals surface area contributed by atoms with E-state index in [-0.39, 0.29) is 0 Å². The highest BCUT2D eigenvalue weighted by Crippen LogP contribution is 2.14. The molecular weight excluding hydrogens is 134 g/mol. The maximum absolute atomic E-state index is 5.91. The van der Waals surface area contributed by atoms with Crippen LogP contribution in [0.4, 0.5) is 0 Å². The van der Waals surface area contributed by atoms with E-state index in [1.807, 2.05) is 0 Å². The smallest absolute Gasteiger partial charge is 0.0360 e. The molecule has 0 saturated carbocycles. The quantitative estimate of drug-likeness (QED) is 0.511. The van der Waals surface area contributed by atoms with Crippen molar-refractivity contribution in [2.75, 3.05) is 19.6 Å². The van der Waals surface area contributed by atoms with Crippen LogP contribution in [0, 0.1) is 0 Å². The largest absolute Gasteiger partial charge is 0.304 e. The Balaban J connectivity index is 2.18. The SMILES string of the molecule is CCN1CCC(Cl)CC1. The molecule has 0 atom stereocenters. The Morgan fingerprint density at radius 3 is 2.44 bits per heavy atom. The van der Waals surface area contributed by atoms with Crippen LogP contribution in [0.3, 0.4) is 0 Å². The standard InChI is InChI=1S/C7H14ClN/c1-2-9-5-3-7(8)4-6-9/h7H,2-6H2,1H3. The molecule has 0 amide bonds. The summed E-state index contributed by atoms with van der Waals surface area (Å²) in [6, 6.07) is 0. The molecular formula is C7H14ClN. The molecule has 0 aromatic carbocycles. The zero-order valence-corrected chi connectivity index (χ0v) is 6.69. The molecule has 2 heteroatoms. The third-order valence-corrected chi connectivity index (χ3v) is 2.40. The van der Waals surface area contributed by atoms with Crippen LogP contribution in [0.5, 0.6) is 0 Å². The van der Waals surface area contributed by atoms with Crippen LogP contribution in [0.1, 0.15) is 19.8 Å². The Labute approximate surface area is 62.0 Å². The number of alkyl halides is 1. The summed E-state index contributed by atoms with van der Waals surface area (Å²) >= 11 is 5.91. The molecule has 1 nitrogen and oxygen atoms in total. The monoisotopic (exact) mass is 147 g/mol. The molecule has 0 unspecified atom stereocenters. The molecule has 1 heterocycles. The number of likely N-dealkylation sites (tertiary alicyclic amines) is 1. The van der Waals surface area contributed by atoms with Gasteiger partial charge in [0.25, 0.3) is 0 Å². The van der Waals surface area contributed by atoms with Gasteiger partial charge in [0.15, 0.2) is 0 Å². The minimum Gasteiger partial charge on any atom is -0.304 e. The minimum atomic E-state index is 0.452. The summed E-state index contributed by atoms with van der Waals surface area (Å²) in [4.78, 5) is 2.44. The maximum atomic E-state index is 5.91. The summed E-state index contributed by atoms with van der Waals surface area (Å²) in [6.07, 6.45) is 2.35. The van der Waals surface area contributed by atoms with Crippen molar-refractivity contribution in [1.82, 2.24) is 4.90 Å². The number of halogens is 1. The van der Waals surface area contributed by atoms with Crippen LogP contribution in [-0.2, 0) is 0 Å². The zero-order valence-electron chi connectivity index (χ0n) is 5.94. The fourth-order valence-corrected chi connectivity index (χ4v) is 1.41. The third-order valence-electron chi connectivity index (χ3n) is 1.96. The molecule has 54 valence electrons. The van der Waals surface area contributed by atoms with Gasteiger partial charge in [0.05, 0.1) is 0 Å². The maximum Gasteiger partial charge on any atom is 0.0360 e. The molecule has 0 N–H and O–H groups in total. The summed E-state index contributed by atoms with van der Waals surface area (Å²) in [5.41, 5.74) is 0. The first-order chi connectivity index (χ1) is 4.33. The molecule has 0 aromatic heterocycles. The van der Waals surface area contributed by atoms with E-state index in [4.69, 9.17) is 11.6 Å². The van der Waals surface area contributed by atoms with Gasteiger partial charge in [-0.05, 0) is 32.5 Å². The minimum absolute atomic E-state index is 0.452. The predicted molar refractivity (Wildman–Crippen MR) is 41.0 cm³/mol. The summed E-state index contributed by atoms with van der Waals surface area (Å²) < 4.78 is 0. The van der Waals surface area contributed by atoms with Crippen molar-refractivity contribution in [2.45, 2.75) is 25.1 Å². The van der Waals surface area contributed by atoms with Gasteiger partial charge >= 0.3 is 0 Å². The van der Waals surface area contributed by atoms with E-state index >= 15 is 0 Å². The molecule has 1 fully saturated rings. The summed E-state index contributed by atoms with van der Waals surface area (Å²) in [6.45, 7) is 5.79. The van der Waals surface area contributed by atoms with Gasteiger partial charge in [0.1, 0.15) is 0 Å². The Morgan fingerprint density at radius 1 is 1.44 bits per heavy atom. The Kier molecular flexibility index (Phi) is 2.80. The Hall–Kier alpha value is 0.250. The second-order valence-corrected chi connectivity index (χ2v) is 3.23. The molecule has 0 aromatic rings. The number of hydrogen-bond donors (Lipinski definition) is 0. The van der Waals surface area contributed by atoms with Crippen LogP contribution < -0.4 is 0 Å². The average Bonchev–Trinajstić information content (AvgIpc) is 1.90. The highest BCUT2D eigenvalue weighted by molar-refractivity contribution is 6.20. The number of hydrogen-bond acceptors (Lipinski definition) is 1. The van der Waals surface area contributed by atoms with E-state index in [2.05, 4.69) is 11.8 Å². The van der Waals surface area contributed by atoms with Gasteiger partial charge in [-0.25, -0.2) is 0 Å². The predicted octanol–water partition coefficient (Wildman–Crippen LogP) is 1.71. The second kappa shape index (κ2) is 3.43. The van der Waals surface area contributed by atoms with Gasteiger partial charge in [0.2, 0.25) is 0 Å². The second-order valence-electron chi connectivity index (χ2n) is 2.61.